The van der Waals surface area contributed by atoms with Crippen LogP contribution in [0.2, 0.25) is 0 Å². The van der Waals surface area contributed by atoms with Gasteiger partial charge in [0.15, 0.2) is 0 Å². The van der Waals surface area contributed by atoms with Crippen molar-refractivity contribution >= 4 is 0 Å². The molecule has 0 heterocycles. The summed E-state index contributed by atoms with van der Waals surface area (Å²) >= 11 is 0. The smallest absolute Gasteiger partial charge is 0.0246 e. The van der Waals surface area contributed by atoms with Crippen LogP contribution in [0.25, 0.3) is 0 Å². The highest BCUT2D eigenvalue weighted by Gasteiger charge is 2.29. The quantitative estimate of drug-likeness (QED) is 0.779. The van der Waals surface area contributed by atoms with Crippen molar-refractivity contribution in [2.75, 3.05) is 20.1 Å². The molecule has 2 nitrogen and oxygen atoms in total. The minimum atomic E-state index is 0.755. The second kappa shape index (κ2) is 7.49. The van der Waals surface area contributed by atoms with Gasteiger partial charge >= 0.3 is 0 Å². The van der Waals surface area contributed by atoms with Crippen molar-refractivity contribution in [2.45, 2.75) is 76.8 Å². The van der Waals surface area contributed by atoms with Crippen LogP contribution in [0.4, 0.5) is 0 Å². The lowest BCUT2D eigenvalue weighted by molar-refractivity contribution is 0.132. The fourth-order valence-electron chi connectivity index (χ4n) is 3.94. The molecule has 0 aromatic rings. The summed E-state index contributed by atoms with van der Waals surface area (Å²) in [5, 5.41) is 3.79. The van der Waals surface area contributed by atoms with E-state index in [9.17, 15) is 0 Å². The molecule has 0 radical (unpaired) electrons. The van der Waals surface area contributed by atoms with E-state index in [0.717, 1.165) is 18.0 Å². The first kappa shape index (κ1) is 14.3. The molecule has 2 aliphatic rings. The predicted octanol–water partition coefficient (Wildman–Crippen LogP) is 3.42. The molecule has 106 valence electrons. The number of rotatable bonds is 6. The zero-order valence-electron chi connectivity index (χ0n) is 12.5. The van der Waals surface area contributed by atoms with E-state index < -0.39 is 0 Å². The standard InChI is InChI=1S/C16H32N2/c1-3-12-17-15-10-6-7-11-16(15)18(2)13-14-8-4-5-9-14/h14-17H,3-13H2,1-2H3. The molecule has 18 heavy (non-hydrogen) atoms. The average molecular weight is 252 g/mol. The van der Waals surface area contributed by atoms with Gasteiger partial charge in [0.1, 0.15) is 0 Å². The Balaban J connectivity index is 1.82. The van der Waals surface area contributed by atoms with Crippen molar-refractivity contribution in [2.24, 2.45) is 5.92 Å². The molecule has 0 aromatic heterocycles. The maximum Gasteiger partial charge on any atom is 0.0246 e. The molecule has 2 unspecified atom stereocenters. The van der Waals surface area contributed by atoms with E-state index in [1.807, 2.05) is 0 Å². The van der Waals surface area contributed by atoms with Gasteiger partial charge in [0.2, 0.25) is 0 Å². The SMILES string of the molecule is CCCNC1CCCCC1N(C)CC1CCCC1. The molecule has 2 aliphatic carbocycles. The molecule has 1 N–H and O–H groups in total. The van der Waals surface area contributed by atoms with E-state index in [4.69, 9.17) is 0 Å². The summed E-state index contributed by atoms with van der Waals surface area (Å²) in [7, 11) is 2.37. The van der Waals surface area contributed by atoms with Gasteiger partial charge in [-0.05, 0) is 51.6 Å². The molecule has 0 bridgehead atoms. The van der Waals surface area contributed by atoms with Gasteiger partial charge in [0.25, 0.3) is 0 Å². The topological polar surface area (TPSA) is 15.3 Å². The summed E-state index contributed by atoms with van der Waals surface area (Å²) in [5.41, 5.74) is 0. The van der Waals surface area contributed by atoms with Crippen LogP contribution in [0.15, 0.2) is 0 Å². The number of nitrogens with zero attached hydrogens (tertiary/aromatic N) is 1. The number of likely N-dealkylation sites (N-methyl/N-ethyl adjacent to an activating group) is 1. The Kier molecular flexibility index (Phi) is 5.97. The van der Waals surface area contributed by atoms with Crippen molar-refractivity contribution in [3.05, 3.63) is 0 Å². The van der Waals surface area contributed by atoms with Crippen LogP contribution in [-0.4, -0.2) is 37.1 Å². The maximum absolute atomic E-state index is 3.79. The maximum atomic E-state index is 3.79. The Morgan fingerprint density at radius 3 is 2.39 bits per heavy atom. The fourth-order valence-corrected chi connectivity index (χ4v) is 3.94. The molecule has 0 spiro atoms. The third kappa shape index (κ3) is 3.96. The van der Waals surface area contributed by atoms with E-state index in [-0.39, 0.29) is 0 Å². The molecule has 0 aliphatic heterocycles. The fraction of sp³-hybridized carbons (Fsp3) is 1.00. The zero-order chi connectivity index (χ0) is 12.8. The molecule has 0 saturated heterocycles. The van der Waals surface area contributed by atoms with Crippen LogP contribution in [0, 0.1) is 5.92 Å². The van der Waals surface area contributed by atoms with Gasteiger partial charge in [-0.3, -0.25) is 0 Å². The first-order chi connectivity index (χ1) is 8.81. The molecule has 2 saturated carbocycles. The minimum Gasteiger partial charge on any atom is -0.312 e. The largest absolute Gasteiger partial charge is 0.312 e. The minimum absolute atomic E-state index is 0.755. The summed E-state index contributed by atoms with van der Waals surface area (Å²) < 4.78 is 0. The Labute approximate surface area is 114 Å². The van der Waals surface area contributed by atoms with Crippen LogP contribution >= 0.6 is 0 Å². The van der Waals surface area contributed by atoms with E-state index >= 15 is 0 Å². The van der Waals surface area contributed by atoms with E-state index in [1.54, 1.807) is 0 Å². The van der Waals surface area contributed by atoms with Gasteiger partial charge < -0.3 is 10.2 Å². The molecule has 0 aromatic carbocycles. The lowest BCUT2D eigenvalue weighted by atomic mass is 9.88. The highest BCUT2D eigenvalue weighted by atomic mass is 15.2. The lowest BCUT2D eigenvalue weighted by Gasteiger charge is -2.39. The Morgan fingerprint density at radius 1 is 1.00 bits per heavy atom. The van der Waals surface area contributed by atoms with Crippen molar-refractivity contribution in [1.29, 1.82) is 0 Å². The van der Waals surface area contributed by atoms with Gasteiger partial charge in [-0.1, -0.05) is 32.6 Å². The molecule has 2 fully saturated rings. The van der Waals surface area contributed by atoms with Crippen LogP contribution < -0.4 is 5.32 Å². The summed E-state index contributed by atoms with van der Waals surface area (Å²) in [6.07, 6.45) is 12.8. The van der Waals surface area contributed by atoms with Gasteiger partial charge in [-0.15, -0.1) is 0 Å². The lowest BCUT2D eigenvalue weighted by Crippen LogP contribution is -2.51. The van der Waals surface area contributed by atoms with Crippen molar-refractivity contribution < 1.29 is 0 Å². The van der Waals surface area contributed by atoms with Crippen LogP contribution in [0.5, 0.6) is 0 Å². The molecule has 2 heteroatoms. The van der Waals surface area contributed by atoms with Crippen molar-refractivity contribution in [3.63, 3.8) is 0 Å². The van der Waals surface area contributed by atoms with E-state index in [0.29, 0.717) is 0 Å². The van der Waals surface area contributed by atoms with Gasteiger partial charge in [0.05, 0.1) is 0 Å². The third-order valence-electron chi connectivity index (χ3n) is 4.97. The molecule has 2 atom stereocenters. The monoisotopic (exact) mass is 252 g/mol. The highest BCUT2D eigenvalue weighted by Crippen LogP contribution is 2.28. The van der Waals surface area contributed by atoms with Crippen molar-refractivity contribution in [1.82, 2.24) is 10.2 Å². The third-order valence-corrected chi connectivity index (χ3v) is 4.97. The van der Waals surface area contributed by atoms with E-state index in [2.05, 4.69) is 24.2 Å². The summed E-state index contributed by atoms with van der Waals surface area (Å²) in [5.74, 6) is 0.990. The molecule has 0 amide bonds. The summed E-state index contributed by atoms with van der Waals surface area (Å²) in [6.45, 7) is 4.81. The number of nitrogens with one attached hydrogen (secondary N) is 1. The highest BCUT2D eigenvalue weighted by molar-refractivity contribution is 4.88. The number of hydrogen-bond donors (Lipinski definition) is 1. The van der Waals surface area contributed by atoms with Gasteiger partial charge in [0, 0.05) is 18.6 Å². The Hall–Kier alpha value is -0.0800. The first-order valence-corrected chi connectivity index (χ1v) is 8.25. The van der Waals surface area contributed by atoms with Gasteiger partial charge in [-0.25, -0.2) is 0 Å². The zero-order valence-corrected chi connectivity index (χ0v) is 12.5. The van der Waals surface area contributed by atoms with Gasteiger partial charge in [-0.2, -0.15) is 0 Å². The Morgan fingerprint density at radius 2 is 1.67 bits per heavy atom. The molecular formula is C16H32N2. The first-order valence-electron chi connectivity index (χ1n) is 8.25. The van der Waals surface area contributed by atoms with E-state index in [1.165, 1.54) is 70.9 Å². The average Bonchev–Trinajstić information content (AvgIpc) is 2.89. The van der Waals surface area contributed by atoms with Crippen molar-refractivity contribution in [3.8, 4) is 0 Å². The number of hydrogen-bond acceptors (Lipinski definition) is 2. The normalized spacial score (nSPS) is 30.2. The van der Waals surface area contributed by atoms with Crippen LogP contribution in [0.1, 0.15) is 64.7 Å². The Bertz CT molecular complexity index is 223. The summed E-state index contributed by atoms with van der Waals surface area (Å²) in [6, 6.07) is 1.55. The van der Waals surface area contributed by atoms with Crippen LogP contribution in [-0.2, 0) is 0 Å². The van der Waals surface area contributed by atoms with Crippen LogP contribution in [0.3, 0.4) is 0 Å². The predicted molar refractivity (Wildman–Crippen MR) is 78.9 cm³/mol. The molecule has 2 rings (SSSR count). The molecular weight excluding hydrogens is 220 g/mol. The summed E-state index contributed by atoms with van der Waals surface area (Å²) in [4.78, 5) is 2.68. The second-order valence-corrected chi connectivity index (χ2v) is 6.50. The second-order valence-electron chi connectivity index (χ2n) is 6.50.